The summed E-state index contributed by atoms with van der Waals surface area (Å²) in [7, 11) is -1.96. The zero-order chi connectivity index (χ0) is 15.0. The molecule has 0 unspecified atom stereocenters. The zero-order valence-corrected chi connectivity index (χ0v) is 12.8. The molecule has 0 bridgehead atoms. The minimum atomic E-state index is -3.49. The van der Waals surface area contributed by atoms with Crippen LogP contribution in [0.1, 0.15) is 18.9 Å². The van der Waals surface area contributed by atoms with E-state index in [9.17, 15) is 8.42 Å². The van der Waals surface area contributed by atoms with Gasteiger partial charge >= 0.3 is 0 Å². The maximum absolute atomic E-state index is 12.2. The Morgan fingerprint density at radius 2 is 1.95 bits per heavy atom. The van der Waals surface area contributed by atoms with Crippen LogP contribution in [-0.4, -0.2) is 39.5 Å². The summed E-state index contributed by atoms with van der Waals surface area (Å²) >= 11 is 0. The molecule has 0 heterocycles. The Balaban J connectivity index is 2.74. The minimum Gasteiger partial charge on any atom is -0.399 e. The van der Waals surface area contributed by atoms with Crippen molar-refractivity contribution in [1.29, 1.82) is 0 Å². The molecular weight excluding hydrogens is 278 g/mol. The largest absolute Gasteiger partial charge is 0.399 e. The van der Waals surface area contributed by atoms with Crippen molar-refractivity contribution in [2.24, 2.45) is 0 Å². The van der Waals surface area contributed by atoms with Crippen LogP contribution in [0.5, 0.6) is 0 Å². The minimum absolute atomic E-state index is 0.265. The third kappa shape index (κ3) is 5.46. The van der Waals surface area contributed by atoms with Gasteiger partial charge in [0.25, 0.3) is 10.2 Å². The van der Waals surface area contributed by atoms with E-state index in [0.717, 1.165) is 12.0 Å². The number of hydrogen-bond acceptors (Lipinski definition) is 4. The molecule has 0 saturated carbocycles. The van der Waals surface area contributed by atoms with Crippen LogP contribution in [0.15, 0.2) is 24.3 Å². The third-order valence-electron chi connectivity index (χ3n) is 2.74. The van der Waals surface area contributed by atoms with Gasteiger partial charge in [-0.05, 0) is 24.1 Å². The number of nitrogens with two attached hydrogens (primary N) is 1. The maximum Gasteiger partial charge on any atom is 0.279 e. The molecule has 7 heteroatoms. The van der Waals surface area contributed by atoms with Crippen molar-refractivity contribution in [3.8, 4) is 0 Å². The topological polar surface area (TPSA) is 84.7 Å². The van der Waals surface area contributed by atoms with Crippen molar-refractivity contribution in [2.45, 2.75) is 19.9 Å². The first-order valence-corrected chi connectivity index (χ1v) is 8.01. The molecule has 1 aromatic carbocycles. The predicted molar refractivity (Wildman–Crippen MR) is 80.4 cm³/mol. The Hall–Kier alpha value is -1.15. The fourth-order valence-corrected chi connectivity index (χ4v) is 2.99. The predicted octanol–water partition coefficient (Wildman–Crippen LogP) is 0.962. The van der Waals surface area contributed by atoms with E-state index in [1.54, 1.807) is 12.1 Å². The number of nitrogen functional groups attached to an aromatic ring is 1. The fraction of sp³-hybridized carbons (Fsp3) is 0.538. The molecule has 114 valence electrons. The Kier molecular flexibility index (Phi) is 6.94. The number of anilines is 1. The van der Waals surface area contributed by atoms with Crippen LogP contribution >= 0.6 is 0 Å². The molecule has 1 aromatic rings. The summed E-state index contributed by atoms with van der Waals surface area (Å²) in [6, 6.07) is 7.21. The molecule has 0 atom stereocenters. The van der Waals surface area contributed by atoms with E-state index < -0.39 is 10.2 Å². The number of benzene rings is 1. The number of hydrogen-bond donors (Lipinski definition) is 2. The highest BCUT2D eigenvalue weighted by atomic mass is 32.2. The summed E-state index contributed by atoms with van der Waals surface area (Å²) in [5.41, 5.74) is 7.20. The summed E-state index contributed by atoms with van der Waals surface area (Å²) in [6.45, 7) is 3.35. The van der Waals surface area contributed by atoms with Gasteiger partial charge in [-0.2, -0.15) is 17.4 Å². The third-order valence-corrected chi connectivity index (χ3v) is 4.30. The van der Waals surface area contributed by atoms with E-state index >= 15 is 0 Å². The lowest BCUT2D eigenvalue weighted by Gasteiger charge is -2.22. The molecule has 0 aliphatic carbocycles. The highest BCUT2D eigenvalue weighted by Crippen LogP contribution is 2.11. The van der Waals surface area contributed by atoms with Crippen molar-refractivity contribution in [1.82, 2.24) is 9.03 Å². The first kappa shape index (κ1) is 16.9. The monoisotopic (exact) mass is 301 g/mol. The molecule has 3 N–H and O–H groups in total. The first-order valence-electron chi connectivity index (χ1n) is 6.57. The van der Waals surface area contributed by atoms with Crippen molar-refractivity contribution in [3.05, 3.63) is 29.8 Å². The van der Waals surface area contributed by atoms with E-state index in [2.05, 4.69) is 4.72 Å². The van der Waals surface area contributed by atoms with Crippen LogP contribution in [0.4, 0.5) is 5.69 Å². The standard InChI is InChI=1S/C13H23N3O3S/c1-3-9-16(20(17,18)15-8-10-19-2)11-12-4-6-13(14)7-5-12/h4-7,15H,3,8-11,14H2,1-2H3. The molecule has 0 fully saturated rings. The van der Waals surface area contributed by atoms with Crippen molar-refractivity contribution in [2.75, 3.05) is 32.5 Å². The lowest BCUT2D eigenvalue weighted by atomic mass is 10.2. The smallest absolute Gasteiger partial charge is 0.279 e. The molecule has 20 heavy (non-hydrogen) atoms. The number of methoxy groups -OCH3 is 1. The SMILES string of the molecule is CCCN(Cc1ccc(N)cc1)S(=O)(=O)NCCOC. The Bertz CT molecular complexity index is 488. The molecular formula is C13H23N3O3S. The molecule has 0 amide bonds. The van der Waals surface area contributed by atoms with Crippen molar-refractivity contribution < 1.29 is 13.2 Å². The molecule has 0 aliphatic rings. The van der Waals surface area contributed by atoms with Gasteiger partial charge in [-0.15, -0.1) is 0 Å². The average molecular weight is 301 g/mol. The molecule has 6 nitrogen and oxygen atoms in total. The maximum atomic E-state index is 12.2. The van der Waals surface area contributed by atoms with E-state index in [1.165, 1.54) is 11.4 Å². The number of ether oxygens (including phenoxy) is 1. The highest BCUT2D eigenvalue weighted by Gasteiger charge is 2.20. The molecule has 1 rings (SSSR count). The van der Waals surface area contributed by atoms with Crippen molar-refractivity contribution in [3.63, 3.8) is 0 Å². The van der Waals surface area contributed by atoms with Crippen molar-refractivity contribution >= 4 is 15.9 Å². The molecule has 0 spiro atoms. The second kappa shape index (κ2) is 8.21. The molecule has 0 radical (unpaired) electrons. The summed E-state index contributed by atoms with van der Waals surface area (Å²) < 4.78 is 33.2. The Morgan fingerprint density at radius 3 is 2.50 bits per heavy atom. The average Bonchev–Trinajstić information content (AvgIpc) is 2.41. The Labute approximate surface area is 121 Å². The van der Waals surface area contributed by atoms with E-state index in [-0.39, 0.29) is 6.54 Å². The van der Waals surface area contributed by atoms with E-state index in [1.807, 2.05) is 19.1 Å². The van der Waals surface area contributed by atoms with Gasteiger partial charge in [0.05, 0.1) is 6.61 Å². The van der Waals surface area contributed by atoms with Crippen LogP contribution < -0.4 is 10.5 Å². The van der Waals surface area contributed by atoms with Crippen LogP contribution in [0.3, 0.4) is 0 Å². The fourth-order valence-electron chi connectivity index (χ4n) is 1.72. The van der Waals surface area contributed by atoms with Gasteiger partial charge < -0.3 is 10.5 Å². The van der Waals surface area contributed by atoms with Crippen LogP contribution in [0, 0.1) is 0 Å². The highest BCUT2D eigenvalue weighted by molar-refractivity contribution is 7.87. The van der Waals surface area contributed by atoms with E-state index in [4.69, 9.17) is 10.5 Å². The van der Waals surface area contributed by atoms with Crippen LogP contribution in [0.2, 0.25) is 0 Å². The van der Waals surface area contributed by atoms with Crippen LogP contribution in [-0.2, 0) is 21.5 Å². The first-order chi connectivity index (χ1) is 9.49. The zero-order valence-electron chi connectivity index (χ0n) is 12.0. The van der Waals surface area contributed by atoms with Crippen LogP contribution in [0.25, 0.3) is 0 Å². The van der Waals surface area contributed by atoms with Gasteiger partial charge in [0.15, 0.2) is 0 Å². The molecule has 0 aliphatic heterocycles. The summed E-state index contributed by atoms with van der Waals surface area (Å²) in [4.78, 5) is 0. The van der Waals surface area contributed by atoms with Gasteiger partial charge in [-0.1, -0.05) is 19.1 Å². The quantitative estimate of drug-likeness (QED) is 0.525. The summed E-state index contributed by atoms with van der Waals surface area (Å²) in [6.07, 6.45) is 0.750. The second-order valence-corrected chi connectivity index (χ2v) is 6.22. The Morgan fingerprint density at radius 1 is 1.30 bits per heavy atom. The van der Waals surface area contributed by atoms with E-state index in [0.29, 0.717) is 25.4 Å². The summed E-state index contributed by atoms with van der Waals surface area (Å²) in [5, 5.41) is 0. The molecule has 0 saturated heterocycles. The lowest BCUT2D eigenvalue weighted by molar-refractivity contribution is 0.203. The summed E-state index contributed by atoms with van der Waals surface area (Å²) in [5.74, 6) is 0. The number of rotatable bonds is 9. The number of nitrogens with zero attached hydrogens (tertiary/aromatic N) is 1. The lowest BCUT2D eigenvalue weighted by Crippen LogP contribution is -2.41. The van der Waals surface area contributed by atoms with Gasteiger partial charge in [0, 0.05) is 32.4 Å². The van der Waals surface area contributed by atoms with Gasteiger partial charge in [0.1, 0.15) is 0 Å². The van der Waals surface area contributed by atoms with Gasteiger partial charge in [-0.3, -0.25) is 0 Å². The van der Waals surface area contributed by atoms with Gasteiger partial charge in [-0.25, -0.2) is 0 Å². The number of nitrogens with one attached hydrogen (secondary N) is 1. The normalized spacial score (nSPS) is 11.9. The van der Waals surface area contributed by atoms with Gasteiger partial charge in [0.2, 0.25) is 0 Å². The molecule has 0 aromatic heterocycles. The second-order valence-electron chi connectivity index (χ2n) is 4.47.